The maximum Gasteiger partial charge on any atom is 0.176 e. The van der Waals surface area contributed by atoms with Crippen LogP contribution in [-0.4, -0.2) is 7.28 Å². The molecular formula is C74H80BN3S. The van der Waals surface area contributed by atoms with E-state index in [9.17, 15) is 0 Å². The third-order valence-corrected chi connectivity index (χ3v) is 20.6. The minimum Gasteiger partial charge on any atom is -0.311 e. The summed E-state index contributed by atoms with van der Waals surface area (Å²) in [5, 5.41) is 2.62. The first-order valence-corrected chi connectivity index (χ1v) is 30.2. The van der Waals surface area contributed by atoms with Crippen LogP contribution in [0, 0.1) is 6.92 Å². The molecule has 1 atom stereocenters. The van der Waals surface area contributed by atoms with Crippen molar-refractivity contribution in [2.75, 3.05) is 14.7 Å². The number of nitrogens with zero attached hydrogens (tertiary/aromatic N) is 3. The predicted molar refractivity (Wildman–Crippen MR) is 345 cm³/mol. The summed E-state index contributed by atoms with van der Waals surface area (Å²) < 4.78 is 2.64. The molecule has 3 nitrogen and oxygen atoms in total. The molecule has 0 N–H and O–H groups in total. The van der Waals surface area contributed by atoms with Crippen LogP contribution in [0.15, 0.2) is 152 Å². The maximum absolute atomic E-state index is 2.73. The minimum atomic E-state index is 0.0284. The van der Waals surface area contributed by atoms with Gasteiger partial charge in [-0.05, 0) is 217 Å². The molecule has 0 radical (unpaired) electrons. The van der Waals surface area contributed by atoms with Crippen molar-refractivity contribution in [3.63, 3.8) is 0 Å². The van der Waals surface area contributed by atoms with E-state index in [0.29, 0.717) is 0 Å². The Morgan fingerprint density at radius 2 is 0.924 bits per heavy atom. The number of hydrogen-bond donors (Lipinski definition) is 0. The van der Waals surface area contributed by atoms with E-state index in [0.717, 1.165) is 37.2 Å². The standard InChI is InChI=1S/C74H80BN3S/c1-45-38-63-68-64(39-45)78(51-29-32-57-58(41-51)72(10,11)35-34-71(57,8)9)62-44-60-59(73(12,13)36-37-74(60,14)15)43-56(62)67(75-68)54-31-28-52(42-61(54)77(63)50-30-33-66-55(40-50)53-18-16-17-19-65(53)79-66)76(48-24-20-46(21-25-48)69(2,3)4)49-26-22-47(23-27-49)70(5,6)7/h16-33,38-44,67,75H,34-37H2,1-15H3. The molecule has 0 spiro atoms. The Hall–Kier alpha value is -6.56. The van der Waals surface area contributed by atoms with Crippen LogP contribution < -0.4 is 20.2 Å². The molecule has 8 aromatic carbocycles. The molecule has 3 heterocycles. The number of benzene rings is 8. The second-order valence-electron chi connectivity index (χ2n) is 28.9. The normalized spacial score (nSPS) is 18.4. The van der Waals surface area contributed by atoms with E-state index < -0.39 is 0 Å². The van der Waals surface area contributed by atoms with Crippen LogP contribution in [0.3, 0.4) is 0 Å². The zero-order valence-corrected chi connectivity index (χ0v) is 50.6. The first kappa shape index (κ1) is 51.9. The average Bonchev–Trinajstić information content (AvgIpc) is 3.31. The lowest BCUT2D eigenvalue weighted by atomic mass is 9.53. The Labute approximate surface area is 477 Å². The fourth-order valence-corrected chi connectivity index (χ4v) is 15.4. The highest BCUT2D eigenvalue weighted by Crippen LogP contribution is 2.57. The monoisotopic (exact) mass is 1050 g/mol. The van der Waals surface area contributed by atoms with Gasteiger partial charge in [0.15, 0.2) is 7.28 Å². The van der Waals surface area contributed by atoms with Gasteiger partial charge in [-0.15, -0.1) is 11.3 Å². The molecule has 400 valence electrons. The Kier molecular flexibility index (Phi) is 11.6. The van der Waals surface area contributed by atoms with Gasteiger partial charge < -0.3 is 14.7 Å². The first-order chi connectivity index (χ1) is 37.3. The quantitative estimate of drug-likeness (QED) is 0.159. The summed E-state index contributed by atoms with van der Waals surface area (Å²) in [5.74, 6) is 0.0599. The third-order valence-electron chi connectivity index (χ3n) is 19.4. The van der Waals surface area contributed by atoms with E-state index in [1.54, 1.807) is 0 Å². The molecule has 0 saturated heterocycles. The highest BCUT2D eigenvalue weighted by molar-refractivity contribution is 7.25. The van der Waals surface area contributed by atoms with Crippen molar-refractivity contribution in [3.8, 4) is 0 Å². The van der Waals surface area contributed by atoms with Gasteiger partial charge in [-0.25, -0.2) is 0 Å². The smallest absolute Gasteiger partial charge is 0.176 e. The van der Waals surface area contributed by atoms with Crippen molar-refractivity contribution in [2.24, 2.45) is 0 Å². The largest absolute Gasteiger partial charge is 0.311 e. The van der Waals surface area contributed by atoms with Gasteiger partial charge in [-0.1, -0.05) is 158 Å². The lowest BCUT2D eigenvalue weighted by molar-refractivity contribution is 0.331. The second-order valence-corrected chi connectivity index (χ2v) is 30.0. The highest BCUT2D eigenvalue weighted by atomic mass is 32.1. The summed E-state index contributed by atoms with van der Waals surface area (Å²) in [5.41, 5.74) is 25.3. The number of rotatable bonds is 5. The van der Waals surface area contributed by atoms with Gasteiger partial charge in [0.1, 0.15) is 0 Å². The fourth-order valence-electron chi connectivity index (χ4n) is 14.3. The lowest BCUT2D eigenvalue weighted by Crippen LogP contribution is -2.35. The summed E-state index contributed by atoms with van der Waals surface area (Å²) in [6, 6.07) is 60.4. The summed E-state index contributed by atoms with van der Waals surface area (Å²) in [6.45, 7) is 36.0. The van der Waals surface area contributed by atoms with Gasteiger partial charge in [-0.2, -0.15) is 0 Å². The van der Waals surface area contributed by atoms with Crippen LogP contribution in [0.1, 0.15) is 179 Å². The van der Waals surface area contributed by atoms with Crippen LogP contribution in [0.25, 0.3) is 20.2 Å². The number of aryl methyl sites for hydroxylation is 1. The maximum atomic E-state index is 2.73. The molecule has 0 saturated carbocycles. The Morgan fingerprint density at radius 3 is 1.51 bits per heavy atom. The van der Waals surface area contributed by atoms with Gasteiger partial charge in [0.05, 0.1) is 5.69 Å². The molecule has 5 heteroatoms. The van der Waals surface area contributed by atoms with E-state index in [2.05, 4.69) is 270 Å². The number of thiophene rings is 1. The average molecular weight is 1050 g/mol. The molecular weight excluding hydrogens is 974 g/mol. The van der Waals surface area contributed by atoms with Crippen LogP contribution >= 0.6 is 11.3 Å². The van der Waals surface area contributed by atoms with Gasteiger partial charge in [0, 0.05) is 65.7 Å². The molecule has 2 aliphatic carbocycles. The third kappa shape index (κ3) is 8.49. The van der Waals surface area contributed by atoms with Crippen molar-refractivity contribution in [1.29, 1.82) is 0 Å². The molecule has 2 aliphatic heterocycles. The number of anilines is 9. The molecule has 1 aromatic heterocycles. The summed E-state index contributed by atoms with van der Waals surface area (Å²) in [7, 11) is 0.874. The van der Waals surface area contributed by atoms with Crippen molar-refractivity contribution in [1.82, 2.24) is 0 Å². The summed E-state index contributed by atoms with van der Waals surface area (Å²) >= 11 is 1.89. The van der Waals surface area contributed by atoms with Crippen LogP contribution in [0.4, 0.5) is 51.2 Å². The van der Waals surface area contributed by atoms with Crippen LogP contribution in [-0.2, 0) is 32.5 Å². The Balaban J connectivity index is 1.12. The van der Waals surface area contributed by atoms with Crippen molar-refractivity contribution >= 4 is 95.4 Å². The van der Waals surface area contributed by atoms with Crippen LogP contribution in [0.5, 0.6) is 0 Å². The molecule has 4 aliphatic rings. The number of hydrogen-bond acceptors (Lipinski definition) is 4. The van der Waals surface area contributed by atoms with Gasteiger partial charge in [-0.3, -0.25) is 0 Å². The molecule has 9 aromatic rings. The van der Waals surface area contributed by atoms with Crippen LogP contribution in [0.2, 0.25) is 0 Å². The fraction of sp³-hybridized carbons (Fsp3) is 0.351. The molecule has 13 rings (SSSR count). The first-order valence-electron chi connectivity index (χ1n) is 29.4. The molecule has 79 heavy (non-hydrogen) atoms. The van der Waals surface area contributed by atoms with Crippen molar-refractivity contribution in [3.05, 3.63) is 202 Å². The van der Waals surface area contributed by atoms with E-state index in [4.69, 9.17) is 0 Å². The Bertz CT molecular complexity index is 3870. The topological polar surface area (TPSA) is 9.72 Å². The van der Waals surface area contributed by atoms with Gasteiger partial charge >= 0.3 is 0 Å². The molecule has 2 bridgehead atoms. The molecule has 0 fully saturated rings. The summed E-state index contributed by atoms with van der Waals surface area (Å²) in [4.78, 5) is 7.90. The van der Waals surface area contributed by atoms with Gasteiger partial charge in [0.25, 0.3) is 0 Å². The van der Waals surface area contributed by atoms with E-state index in [1.165, 1.54) is 123 Å². The van der Waals surface area contributed by atoms with Gasteiger partial charge in [0.2, 0.25) is 0 Å². The van der Waals surface area contributed by atoms with E-state index in [1.807, 2.05) is 11.3 Å². The van der Waals surface area contributed by atoms with E-state index in [-0.39, 0.29) is 38.3 Å². The second kappa shape index (κ2) is 17.7. The zero-order valence-electron chi connectivity index (χ0n) is 49.8. The molecule has 0 amide bonds. The molecule has 1 unspecified atom stereocenters. The minimum absolute atomic E-state index is 0.0284. The van der Waals surface area contributed by atoms with Crippen molar-refractivity contribution < 1.29 is 0 Å². The van der Waals surface area contributed by atoms with Crippen molar-refractivity contribution in [2.45, 2.75) is 168 Å². The highest BCUT2D eigenvalue weighted by Gasteiger charge is 2.44. The SMILES string of the molecule is Cc1cc2c3c(c1)N(c1ccc4c(c1)C(C)(C)CCC4(C)C)c1cc4c(cc1C(B3)c1ccc(N(c3ccc(C(C)(C)C)cc3)c3ccc(C(C)(C)C)cc3)cc1N2c1ccc2sc3ccccc3c2c1)C(C)(C)CCC4(C)C. The summed E-state index contributed by atoms with van der Waals surface area (Å²) in [6.07, 6.45) is 4.69. The lowest BCUT2D eigenvalue weighted by Gasteiger charge is -2.44. The predicted octanol–water partition coefficient (Wildman–Crippen LogP) is 20.5. The zero-order chi connectivity index (χ0) is 55.5. The van der Waals surface area contributed by atoms with E-state index >= 15 is 0 Å². The number of fused-ring (bicyclic) bond motifs is 10. The Morgan fingerprint density at radius 1 is 0.443 bits per heavy atom.